The lowest BCUT2D eigenvalue weighted by molar-refractivity contribution is -0.126. The van der Waals surface area contributed by atoms with Crippen molar-refractivity contribution in [3.63, 3.8) is 0 Å². The molecule has 0 radical (unpaired) electrons. The number of hydrogen-bond acceptors (Lipinski definition) is 4. The number of benzene rings is 1. The van der Waals surface area contributed by atoms with Gasteiger partial charge in [0.1, 0.15) is 5.75 Å². The van der Waals surface area contributed by atoms with Gasteiger partial charge in [0.15, 0.2) is 0 Å². The molecule has 6 nitrogen and oxygen atoms in total. The van der Waals surface area contributed by atoms with E-state index in [-0.39, 0.29) is 17.9 Å². The fourth-order valence-electron chi connectivity index (χ4n) is 2.88. The van der Waals surface area contributed by atoms with Crippen molar-refractivity contribution in [3.8, 4) is 5.75 Å². The van der Waals surface area contributed by atoms with Crippen molar-refractivity contribution in [1.82, 2.24) is 9.62 Å². The molecule has 2 rings (SSSR count). The molecule has 1 aliphatic heterocycles. The molecule has 24 heavy (non-hydrogen) atoms. The Kier molecular flexibility index (Phi) is 6.23. The average molecular weight is 354 g/mol. The third kappa shape index (κ3) is 4.95. The number of carbonyl (C=O) groups is 1. The molecule has 1 aromatic carbocycles. The Hall–Kier alpha value is -1.60. The smallest absolute Gasteiger partial charge is 0.223 e. The molecule has 0 saturated carbocycles. The summed E-state index contributed by atoms with van der Waals surface area (Å²) in [5.74, 6) is 0.672. The van der Waals surface area contributed by atoms with Crippen LogP contribution in [0, 0.1) is 5.92 Å². The average Bonchev–Trinajstić information content (AvgIpc) is 2.55. The number of piperidine rings is 1. The van der Waals surface area contributed by atoms with Gasteiger partial charge in [0.05, 0.1) is 18.9 Å². The van der Waals surface area contributed by atoms with Gasteiger partial charge < -0.3 is 10.1 Å². The predicted octanol–water partition coefficient (Wildman–Crippen LogP) is 1.93. The molecule has 1 heterocycles. The number of nitrogens with zero attached hydrogens (tertiary/aromatic N) is 1. The van der Waals surface area contributed by atoms with E-state index in [9.17, 15) is 13.2 Å². The van der Waals surface area contributed by atoms with Crippen molar-refractivity contribution in [3.05, 3.63) is 29.8 Å². The van der Waals surface area contributed by atoms with Crippen LogP contribution in [0.1, 0.15) is 38.3 Å². The van der Waals surface area contributed by atoms with Crippen molar-refractivity contribution in [2.24, 2.45) is 5.92 Å². The van der Waals surface area contributed by atoms with Gasteiger partial charge in [-0.15, -0.1) is 0 Å². The van der Waals surface area contributed by atoms with Crippen LogP contribution in [0.3, 0.4) is 0 Å². The summed E-state index contributed by atoms with van der Waals surface area (Å²) in [6, 6.07) is 7.59. The van der Waals surface area contributed by atoms with E-state index < -0.39 is 10.0 Å². The molecule has 1 fully saturated rings. The van der Waals surface area contributed by atoms with E-state index in [0.29, 0.717) is 32.5 Å². The van der Waals surface area contributed by atoms with E-state index >= 15 is 0 Å². The third-order valence-electron chi connectivity index (χ3n) is 4.34. The van der Waals surface area contributed by atoms with Crippen molar-refractivity contribution < 1.29 is 17.9 Å². The van der Waals surface area contributed by atoms with Crippen LogP contribution in [0.15, 0.2) is 24.3 Å². The number of amides is 1. The van der Waals surface area contributed by atoms with Crippen molar-refractivity contribution in [2.45, 2.75) is 32.7 Å². The zero-order valence-corrected chi connectivity index (χ0v) is 15.3. The highest BCUT2D eigenvalue weighted by molar-refractivity contribution is 7.88. The Bertz CT molecular complexity index is 650. The highest BCUT2D eigenvalue weighted by Gasteiger charge is 2.29. The summed E-state index contributed by atoms with van der Waals surface area (Å²) in [6.45, 7) is 5.32. The first-order chi connectivity index (χ1) is 11.3. The maximum atomic E-state index is 12.4. The standard InChI is InChI=1S/C17H26N2O4S/c1-4-23-16-7-5-14(6-8-16)13(2)18-17(20)15-9-11-19(12-10-15)24(3,21)22/h5-8,13,15H,4,9-12H2,1-3H3,(H,18,20). The molecular weight excluding hydrogens is 328 g/mol. The topological polar surface area (TPSA) is 75.7 Å². The summed E-state index contributed by atoms with van der Waals surface area (Å²) >= 11 is 0. The molecule has 7 heteroatoms. The fourth-order valence-corrected chi connectivity index (χ4v) is 3.76. The Morgan fingerprint density at radius 3 is 2.38 bits per heavy atom. The first-order valence-electron chi connectivity index (χ1n) is 8.29. The Labute approximate surface area is 144 Å². The van der Waals surface area contributed by atoms with Gasteiger partial charge in [-0.2, -0.15) is 0 Å². The second kappa shape index (κ2) is 7.98. The summed E-state index contributed by atoms with van der Waals surface area (Å²) in [4.78, 5) is 12.4. The van der Waals surface area contributed by atoms with Gasteiger partial charge in [-0.1, -0.05) is 12.1 Å². The lowest BCUT2D eigenvalue weighted by Crippen LogP contribution is -2.43. The minimum atomic E-state index is -3.16. The highest BCUT2D eigenvalue weighted by Crippen LogP contribution is 2.22. The molecule has 1 amide bonds. The van der Waals surface area contributed by atoms with Gasteiger partial charge in [0, 0.05) is 19.0 Å². The van der Waals surface area contributed by atoms with Gasteiger partial charge in [-0.05, 0) is 44.4 Å². The fraction of sp³-hybridized carbons (Fsp3) is 0.588. The van der Waals surface area contributed by atoms with Gasteiger partial charge in [0.2, 0.25) is 15.9 Å². The van der Waals surface area contributed by atoms with Gasteiger partial charge in [0.25, 0.3) is 0 Å². The second-order valence-corrected chi connectivity index (χ2v) is 8.15. The van der Waals surface area contributed by atoms with Crippen molar-refractivity contribution in [2.75, 3.05) is 26.0 Å². The third-order valence-corrected chi connectivity index (χ3v) is 5.65. The van der Waals surface area contributed by atoms with Crippen LogP contribution in [-0.2, 0) is 14.8 Å². The van der Waals surface area contributed by atoms with Crippen LogP contribution in [-0.4, -0.2) is 44.6 Å². The molecule has 0 spiro atoms. The molecule has 134 valence electrons. The van der Waals surface area contributed by atoms with Gasteiger partial charge in [-0.25, -0.2) is 12.7 Å². The number of nitrogens with one attached hydrogen (secondary N) is 1. The maximum absolute atomic E-state index is 12.4. The molecular formula is C17H26N2O4S. The number of rotatable bonds is 6. The quantitative estimate of drug-likeness (QED) is 0.847. The molecule has 0 aromatic heterocycles. The Morgan fingerprint density at radius 2 is 1.88 bits per heavy atom. The molecule has 0 bridgehead atoms. The van der Waals surface area contributed by atoms with Crippen LogP contribution >= 0.6 is 0 Å². The largest absolute Gasteiger partial charge is 0.494 e. The van der Waals surface area contributed by atoms with Crippen LogP contribution in [0.25, 0.3) is 0 Å². The first-order valence-corrected chi connectivity index (χ1v) is 10.1. The Balaban J connectivity index is 1.88. The summed E-state index contributed by atoms with van der Waals surface area (Å²) < 4.78 is 29.9. The SMILES string of the molecule is CCOc1ccc(C(C)NC(=O)C2CCN(S(C)(=O)=O)CC2)cc1. The summed E-state index contributed by atoms with van der Waals surface area (Å²) in [5, 5.41) is 3.02. The van der Waals surface area contributed by atoms with Crippen LogP contribution in [0.2, 0.25) is 0 Å². The number of hydrogen-bond donors (Lipinski definition) is 1. The van der Waals surface area contributed by atoms with Crippen LogP contribution < -0.4 is 10.1 Å². The number of sulfonamides is 1. The van der Waals surface area contributed by atoms with E-state index in [0.717, 1.165) is 11.3 Å². The number of ether oxygens (including phenoxy) is 1. The molecule has 1 saturated heterocycles. The Morgan fingerprint density at radius 1 is 1.29 bits per heavy atom. The lowest BCUT2D eigenvalue weighted by Gasteiger charge is -2.30. The van der Waals surface area contributed by atoms with E-state index in [1.807, 2.05) is 38.1 Å². The zero-order chi connectivity index (χ0) is 17.7. The summed E-state index contributed by atoms with van der Waals surface area (Å²) in [7, 11) is -3.16. The maximum Gasteiger partial charge on any atom is 0.223 e. The van der Waals surface area contributed by atoms with Crippen molar-refractivity contribution in [1.29, 1.82) is 0 Å². The number of carbonyl (C=O) groups excluding carboxylic acids is 1. The molecule has 1 N–H and O–H groups in total. The molecule has 1 unspecified atom stereocenters. The highest BCUT2D eigenvalue weighted by atomic mass is 32.2. The zero-order valence-electron chi connectivity index (χ0n) is 14.5. The molecule has 1 aliphatic rings. The normalized spacial score (nSPS) is 18.1. The van der Waals surface area contributed by atoms with E-state index in [1.165, 1.54) is 10.6 Å². The van der Waals surface area contributed by atoms with E-state index in [1.54, 1.807) is 0 Å². The minimum Gasteiger partial charge on any atom is -0.494 e. The molecule has 1 atom stereocenters. The predicted molar refractivity (Wildman–Crippen MR) is 93.3 cm³/mol. The van der Waals surface area contributed by atoms with Crippen molar-refractivity contribution >= 4 is 15.9 Å². The minimum absolute atomic E-state index is 0.00969. The first kappa shape index (κ1) is 18.7. The molecule has 0 aliphatic carbocycles. The van der Waals surface area contributed by atoms with Gasteiger partial charge in [-0.3, -0.25) is 4.79 Å². The summed E-state index contributed by atoms with van der Waals surface area (Å²) in [5.41, 5.74) is 1.01. The van der Waals surface area contributed by atoms with E-state index in [2.05, 4.69) is 5.32 Å². The summed E-state index contributed by atoms with van der Waals surface area (Å²) in [6.07, 6.45) is 2.34. The van der Waals surface area contributed by atoms with Crippen LogP contribution in [0.4, 0.5) is 0 Å². The van der Waals surface area contributed by atoms with Crippen LogP contribution in [0.5, 0.6) is 5.75 Å². The molecule has 1 aromatic rings. The monoisotopic (exact) mass is 354 g/mol. The van der Waals surface area contributed by atoms with Gasteiger partial charge >= 0.3 is 0 Å². The lowest BCUT2D eigenvalue weighted by atomic mass is 9.96. The van der Waals surface area contributed by atoms with E-state index in [4.69, 9.17) is 4.74 Å². The second-order valence-electron chi connectivity index (χ2n) is 6.17.